The van der Waals surface area contributed by atoms with Crippen molar-refractivity contribution in [3.8, 4) is 0 Å². The minimum Gasteiger partial charge on any atom is -0.244 e. The van der Waals surface area contributed by atoms with Crippen LogP contribution in [0.1, 0.15) is 0 Å². The second-order valence-corrected chi connectivity index (χ2v) is 4.54. The Balaban J connectivity index is 2.87. The first-order chi connectivity index (χ1) is 6.09. The third-order valence-corrected chi connectivity index (χ3v) is 2.72. The molecule has 0 amide bonds. The van der Waals surface area contributed by atoms with Gasteiger partial charge in [-0.3, -0.25) is 0 Å². The van der Waals surface area contributed by atoms with Gasteiger partial charge in [0.05, 0.1) is 18.0 Å². The van der Waals surface area contributed by atoms with Gasteiger partial charge >= 0.3 is 0 Å². The van der Waals surface area contributed by atoms with E-state index < -0.39 is 10.0 Å². The average molecular weight is 197 g/mol. The summed E-state index contributed by atoms with van der Waals surface area (Å²) in [6.07, 6.45) is 4.07. The lowest BCUT2D eigenvalue weighted by Gasteiger charge is -1.99. The molecule has 0 aliphatic rings. The van der Waals surface area contributed by atoms with Crippen molar-refractivity contribution in [2.24, 2.45) is 0 Å². The zero-order valence-corrected chi connectivity index (χ0v) is 7.69. The van der Waals surface area contributed by atoms with Gasteiger partial charge < -0.3 is 0 Å². The third-order valence-electron chi connectivity index (χ3n) is 1.69. The summed E-state index contributed by atoms with van der Waals surface area (Å²) in [6.45, 7) is 0. The molecule has 0 N–H and O–H groups in total. The molecule has 2 aromatic heterocycles. The number of hydrogen-bond acceptors (Lipinski definition) is 4. The lowest BCUT2D eigenvalue weighted by atomic mass is 10.4. The van der Waals surface area contributed by atoms with Crippen molar-refractivity contribution in [1.82, 2.24) is 14.2 Å². The van der Waals surface area contributed by atoms with Crippen molar-refractivity contribution in [3.63, 3.8) is 0 Å². The minimum absolute atomic E-state index is 0.553. The van der Waals surface area contributed by atoms with Crippen LogP contribution in [-0.4, -0.2) is 28.8 Å². The summed E-state index contributed by atoms with van der Waals surface area (Å²) >= 11 is 0. The highest BCUT2D eigenvalue weighted by Gasteiger charge is 2.09. The summed E-state index contributed by atoms with van der Waals surface area (Å²) in [4.78, 5) is 0. The lowest BCUT2D eigenvalue weighted by Crippen LogP contribution is -2.08. The van der Waals surface area contributed by atoms with Gasteiger partial charge in [-0.15, -0.1) is 5.10 Å². The van der Waals surface area contributed by atoms with Crippen LogP contribution in [0.4, 0.5) is 0 Å². The summed E-state index contributed by atoms with van der Waals surface area (Å²) in [5, 5.41) is 7.43. The fourth-order valence-electron chi connectivity index (χ4n) is 1.15. The van der Waals surface area contributed by atoms with E-state index in [9.17, 15) is 8.42 Å². The van der Waals surface area contributed by atoms with E-state index in [-0.39, 0.29) is 0 Å². The molecule has 0 aliphatic heterocycles. The summed E-state index contributed by atoms with van der Waals surface area (Å²) in [5.41, 5.74) is 1.13. The fraction of sp³-hybridized carbons (Fsp3) is 0.143. The van der Waals surface area contributed by atoms with Crippen molar-refractivity contribution in [3.05, 3.63) is 24.5 Å². The lowest BCUT2D eigenvalue weighted by molar-refractivity contribution is 0.595. The molecule has 0 radical (unpaired) electrons. The molecule has 5 nitrogen and oxygen atoms in total. The second-order valence-electron chi connectivity index (χ2n) is 2.68. The first kappa shape index (κ1) is 8.18. The standard InChI is InChI=1S/C7H7N3O2S/c1-13(11,12)10-5-3-6-7(10)2-4-8-9-6/h2-5H,1H3. The molecular weight excluding hydrogens is 190 g/mol. The monoisotopic (exact) mass is 197 g/mol. The van der Waals surface area contributed by atoms with Crippen molar-refractivity contribution >= 4 is 21.1 Å². The molecule has 2 rings (SSSR count). The Morgan fingerprint density at radius 2 is 2.15 bits per heavy atom. The zero-order chi connectivity index (χ0) is 9.47. The summed E-state index contributed by atoms with van der Waals surface area (Å²) in [6, 6.07) is 3.23. The highest BCUT2D eigenvalue weighted by molar-refractivity contribution is 7.89. The molecular formula is C7H7N3O2S. The summed E-state index contributed by atoms with van der Waals surface area (Å²) < 4.78 is 23.6. The molecule has 0 bridgehead atoms. The smallest absolute Gasteiger partial charge is 0.236 e. The van der Waals surface area contributed by atoms with Gasteiger partial charge in [-0.25, -0.2) is 12.4 Å². The molecule has 2 heterocycles. The first-order valence-corrected chi connectivity index (χ1v) is 5.43. The maximum absolute atomic E-state index is 11.2. The fourth-order valence-corrected chi connectivity index (χ4v) is 1.94. The van der Waals surface area contributed by atoms with Gasteiger partial charge in [-0.05, 0) is 12.1 Å². The van der Waals surface area contributed by atoms with Crippen molar-refractivity contribution in [2.45, 2.75) is 0 Å². The van der Waals surface area contributed by atoms with Crippen LogP contribution in [0, 0.1) is 0 Å². The summed E-state index contributed by atoms with van der Waals surface area (Å²) in [5.74, 6) is 0. The topological polar surface area (TPSA) is 64.8 Å². The predicted molar refractivity (Wildman–Crippen MR) is 47.8 cm³/mol. The maximum Gasteiger partial charge on any atom is 0.236 e. The summed E-state index contributed by atoms with van der Waals surface area (Å²) in [7, 11) is -3.24. The molecule has 2 aromatic rings. The molecule has 0 fully saturated rings. The van der Waals surface area contributed by atoms with E-state index in [0.29, 0.717) is 11.0 Å². The number of aromatic nitrogens is 3. The van der Waals surface area contributed by atoms with Crippen LogP contribution in [0.2, 0.25) is 0 Å². The Bertz CT molecular complexity index is 544. The minimum atomic E-state index is -3.24. The van der Waals surface area contributed by atoms with Crippen LogP contribution in [0.3, 0.4) is 0 Å². The van der Waals surface area contributed by atoms with Crippen LogP contribution < -0.4 is 0 Å². The Hall–Kier alpha value is -1.43. The quantitative estimate of drug-likeness (QED) is 0.656. The van der Waals surface area contributed by atoms with Gasteiger partial charge in [0.15, 0.2) is 0 Å². The largest absolute Gasteiger partial charge is 0.244 e. The first-order valence-electron chi connectivity index (χ1n) is 3.58. The van der Waals surface area contributed by atoms with Crippen molar-refractivity contribution < 1.29 is 8.42 Å². The van der Waals surface area contributed by atoms with Gasteiger partial charge in [0.1, 0.15) is 5.52 Å². The van der Waals surface area contributed by atoms with Gasteiger partial charge in [-0.2, -0.15) is 5.10 Å². The van der Waals surface area contributed by atoms with E-state index in [4.69, 9.17) is 0 Å². The van der Waals surface area contributed by atoms with E-state index in [1.165, 1.54) is 16.4 Å². The number of nitrogens with zero attached hydrogens (tertiary/aromatic N) is 3. The van der Waals surface area contributed by atoms with Crippen molar-refractivity contribution in [1.29, 1.82) is 0 Å². The van der Waals surface area contributed by atoms with Crippen LogP contribution in [-0.2, 0) is 10.0 Å². The van der Waals surface area contributed by atoms with Crippen LogP contribution >= 0.6 is 0 Å². The Morgan fingerprint density at radius 3 is 2.85 bits per heavy atom. The van der Waals surface area contributed by atoms with Gasteiger partial charge in [-0.1, -0.05) is 0 Å². The van der Waals surface area contributed by atoms with E-state index in [2.05, 4.69) is 10.2 Å². The van der Waals surface area contributed by atoms with Crippen molar-refractivity contribution in [2.75, 3.05) is 6.26 Å². The maximum atomic E-state index is 11.2. The SMILES string of the molecule is CS(=O)(=O)n1ccc2nnccc21. The second kappa shape index (κ2) is 2.53. The highest BCUT2D eigenvalue weighted by Crippen LogP contribution is 2.12. The zero-order valence-electron chi connectivity index (χ0n) is 6.88. The molecule has 0 aliphatic carbocycles. The molecule has 0 spiro atoms. The van der Waals surface area contributed by atoms with E-state index in [1.54, 1.807) is 12.1 Å². The average Bonchev–Trinajstić information content (AvgIpc) is 2.45. The molecule has 0 unspecified atom stereocenters. The third kappa shape index (κ3) is 1.29. The Kier molecular flexibility index (Phi) is 1.59. The molecule has 0 aromatic carbocycles. The number of hydrogen-bond donors (Lipinski definition) is 0. The van der Waals surface area contributed by atoms with Crippen LogP contribution in [0.5, 0.6) is 0 Å². The Morgan fingerprint density at radius 1 is 1.38 bits per heavy atom. The van der Waals surface area contributed by atoms with Gasteiger partial charge in [0.25, 0.3) is 0 Å². The normalized spacial score (nSPS) is 12.1. The molecule has 13 heavy (non-hydrogen) atoms. The molecule has 0 saturated heterocycles. The van der Waals surface area contributed by atoms with Crippen LogP contribution in [0.15, 0.2) is 24.5 Å². The molecule has 0 saturated carbocycles. The van der Waals surface area contributed by atoms with Gasteiger partial charge in [0, 0.05) is 6.20 Å². The van der Waals surface area contributed by atoms with E-state index >= 15 is 0 Å². The van der Waals surface area contributed by atoms with Gasteiger partial charge in [0.2, 0.25) is 10.0 Å². The number of fused-ring (bicyclic) bond motifs is 1. The predicted octanol–water partition coefficient (Wildman–Crippen LogP) is 0.239. The highest BCUT2D eigenvalue weighted by atomic mass is 32.2. The Labute approximate surface area is 75.1 Å². The van der Waals surface area contributed by atoms with E-state index in [1.807, 2.05) is 0 Å². The molecule has 0 atom stereocenters. The molecule has 68 valence electrons. The van der Waals surface area contributed by atoms with Crippen LogP contribution in [0.25, 0.3) is 11.0 Å². The van der Waals surface area contributed by atoms with E-state index in [0.717, 1.165) is 6.26 Å². The molecule has 6 heteroatoms. The number of rotatable bonds is 1.